The average Bonchev–Trinajstić information content (AvgIpc) is 3.75. The molecule has 0 aromatic heterocycles. The molecule has 6 aromatic carbocycles. The molecule has 1 fully saturated rings. The van der Waals surface area contributed by atoms with E-state index in [0.717, 1.165) is 78.5 Å². The Bertz CT molecular complexity index is 2170. The number of nitrogens with two attached hydrogens (primary N) is 2. The van der Waals surface area contributed by atoms with Gasteiger partial charge in [0.2, 0.25) is 5.96 Å². The normalized spacial score (nSPS) is 11.6. The molecule has 55 heavy (non-hydrogen) atoms. The van der Waals surface area contributed by atoms with Crippen LogP contribution in [0.5, 0.6) is 0 Å². The average molecular weight is 878 g/mol. The molecule has 0 atom stereocenters. The summed E-state index contributed by atoms with van der Waals surface area (Å²) in [6, 6.07) is 47.5. The highest BCUT2D eigenvalue weighted by molar-refractivity contribution is 9.11. The first-order valence-corrected chi connectivity index (χ1v) is 18.9. The van der Waals surface area contributed by atoms with Crippen molar-refractivity contribution in [1.29, 1.82) is 0 Å². The molecule has 6 aromatic rings. The first-order chi connectivity index (χ1) is 26.9. The Morgan fingerprint density at radius 1 is 0.618 bits per heavy atom. The van der Waals surface area contributed by atoms with Gasteiger partial charge in [-0.15, -0.1) is 12.8 Å². The fourth-order valence-corrected chi connectivity index (χ4v) is 6.09. The van der Waals surface area contributed by atoms with Gasteiger partial charge >= 0.3 is 0 Å². The van der Waals surface area contributed by atoms with Crippen LogP contribution >= 0.6 is 44.1 Å². The summed E-state index contributed by atoms with van der Waals surface area (Å²) in [5, 5.41) is 9.10. The predicted molar refractivity (Wildman–Crippen MR) is 247 cm³/mol. The molecule has 2 aliphatic rings. The lowest BCUT2D eigenvalue weighted by Gasteiger charge is -2.10. The second kappa shape index (κ2) is 24.0. The zero-order valence-electron chi connectivity index (χ0n) is 30.4. The Morgan fingerprint density at radius 2 is 1.00 bits per heavy atom. The van der Waals surface area contributed by atoms with Crippen LogP contribution in [-0.2, 0) is 4.74 Å². The molecule has 2 heterocycles. The highest BCUT2D eigenvalue weighted by Gasteiger charge is 2.16. The topological polar surface area (TPSA) is 110 Å². The lowest BCUT2D eigenvalue weighted by atomic mass is 10.0. The quantitative estimate of drug-likeness (QED) is 0.0610. The molecule has 0 spiro atoms. The minimum atomic E-state index is 0. The molecule has 0 unspecified atom stereocenters. The minimum Gasteiger partial charge on any atom is -0.398 e. The van der Waals surface area contributed by atoms with Gasteiger partial charge in [0.1, 0.15) is 1.37 Å². The molecule has 0 aliphatic carbocycles. The van der Waals surface area contributed by atoms with E-state index in [1.807, 2.05) is 121 Å². The van der Waals surface area contributed by atoms with Crippen LogP contribution in [0.4, 0.5) is 34.1 Å². The molecule has 280 valence electrons. The van der Waals surface area contributed by atoms with Crippen molar-refractivity contribution >= 4 is 89.3 Å². The number of nitrogen functional groups attached to an aromatic ring is 2. The maximum absolute atomic E-state index is 5.87. The lowest BCUT2D eigenvalue weighted by molar-refractivity contribution is 0.198. The van der Waals surface area contributed by atoms with Gasteiger partial charge in [-0.3, -0.25) is 0 Å². The van der Waals surface area contributed by atoms with Crippen LogP contribution in [0.1, 0.15) is 21.6 Å². The summed E-state index contributed by atoms with van der Waals surface area (Å²) in [5.41, 5.74) is 21.3. The maximum Gasteiger partial charge on any atom is 0.205 e. The van der Waals surface area contributed by atoms with Gasteiger partial charge in [-0.05, 0) is 105 Å². The molecule has 10 heteroatoms. The van der Waals surface area contributed by atoms with E-state index in [9.17, 15) is 0 Å². The van der Waals surface area contributed by atoms with Gasteiger partial charge in [0, 0.05) is 67.2 Å². The van der Waals surface area contributed by atoms with E-state index in [0.29, 0.717) is 5.96 Å². The van der Waals surface area contributed by atoms with Crippen molar-refractivity contribution in [3.8, 4) is 35.1 Å². The lowest BCUT2D eigenvalue weighted by Crippen LogP contribution is -2.20. The van der Waals surface area contributed by atoms with E-state index < -0.39 is 0 Å². The van der Waals surface area contributed by atoms with Crippen LogP contribution < -0.4 is 22.1 Å². The summed E-state index contributed by atoms with van der Waals surface area (Å²) in [4.78, 5) is 8.55. The molecule has 0 bridgehead atoms. The van der Waals surface area contributed by atoms with Crippen molar-refractivity contribution in [1.82, 2.24) is 0 Å². The molecule has 0 saturated carbocycles. The van der Waals surface area contributed by atoms with Crippen LogP contribution in [-0.4, -0.2) is 24.3 Å². The van der Waals surface area contributed by atoms with Crippen molar-refractivity contribution in [2.24, 2.45) is 9.98 Å². The number of hydrogen-bond acceptors (Lipinski definition) is 6. The number of benzene rings is 6. The Morgan fingerprint density at radius 3 is 1.40 bits per heavy atom. The number of aliphatic imine (C=N–C) groups is 2. The Hall–Kier alpha value is -5.53. The predicted octanol–water partition coefficient (Wildman–Crippen LogP) is 13.0. The summed E-state index contributed by atoms with van der Waals surface area (Å²) >= 11 is 11.3. The number of hydrogen-bond donors (Lipinski definition) is 4. The molecular formula is C45H44Br2N6OS. The SMILES string of the molecule is Brc1ccccc1N=C1Nc2ccccc2-c2ccccc2N1.C.C1CCOC1.Nc1ccccc1-c1ccccc1N.S=C=Nc1ccccc1Br.[2H]C#C. The number of fused-ring (bicyclic) bond motifs is 3. The van der Waals surface area contributed by atoms with E-state index >= 15 is 0 Å². The third-order valence-electron chi connectivity index (χ3n) is 7.79. The zero-order chi connectivity index (χ0) is 39.3. The Balaban J connectivity index is 0.000000217. The number of rotatable bonds is 3. The summed E-state index contributed by atoms with van der Waals surface area (Å²) < 4.78 is 12.6. The summed E-state index contributed by atoms with van der Waals surface area (Å²) in [6.07, 6.45) is 8.32. The van der Waals surface area contributed by atoms with Crippen molar-refractivity contribution < 1.29 is 6.11 Å². The van der Waals surface area contributed by atoms with Gasteiger partial charge in [-0.2, -0.15) is 4.99 Å². The highest BCUT2D eigenvalue weighted by Crippen LogP contribution is 2.36. The van der Waals surface area contributed by atoms with E-state index in [1.165, 1.54) is 19.2 Å². The van der Waals surface area contributed by atoms with Gasteiger partial charge in [0.15, 0.2) is 0 Å². The first kappa shape index (κ1) is 42.2. The highest BCUT2D eigenvalue weighted by atomic mass is 79.9. The number of ether oxygens (including phenoxy) is 1. The van der Waals surface area contributed by atoms with Crippen molar-refractivity contribution in [3.63, 3.8) is 0 Å². The van der Waals surface area contributed by atoms with Crippen molar-refractivity contribution in [2.75, 3.05) is 35.3 Å². The number of isothiocyanates is 1. The summed E-state index contributed by atoms with van der Waals surface area (Å²) in [6.45, 7) is 2.00. The summed E-state index contributed by atoms with van der Waals surface area (Å²) in [5.74, 6) is 0.703. The number of para-hydroxylation sites is 6. The number of nitrogens with zero attached hydrogens (tertiary/aromatic N) is 2. The van der Waals surface area contributed by atoms with Crippen molar-refractivity contribution in [2.45, 2.75) is 20.3 Å². The number of anilines is 4. The van der Waals surface area contributed by atoms with E-state index in [1.54, 1.807) is 0 Å². The number of terminal acetylenes is 1. The standard InChI is InChI=1S/C19H14BrN3.C12H12N2.C7H4BrNS.C4H8O.C2H2.CH4/c20-15-9-3-6-12-18(15)23-19-21-16-10-4-1-7-13(16)14-8-2-5-11-17(14)22-19;13-11-7-3-1-5-9(11)10-6-2-4-8-12(10)14;8-6-3-1-2-4-7(6)9-5-10;1-2-4-5-3-1;1-2;/h1-12H,(H2,21,22,23);1-8H,13-14H2;1-4H;1-4H2;1-2H;1H4/i;;;;1D;. The summed E-state index contributed by atoms with van der Waals surface area (Å²) in [7, 11) is 0. The Labute approximate surface area is 348 Å². The van der Waals surface area contributed by atoms with E-state index in [-0.39, 0.29) is 7.43 Å². The fourth-order valence-electron chi connectivity index (χ4n) is 5.25. The number of halogens is 2. The van der Waals surface area contributed by atoms with Crippen LogP contribution in [0.3, 0.4) is 0 Å². The molecule has 7 nitrogen and oxygen atoms in total. The first-order valence-electron chi connectivity index (χ1n) is 17.4. The van der Waals surface area contributed by atoms with Crippen LogP contribution in [0.2, 0.25) is 0 Å². The van der Waals surface area contributed by atoms with Crippen LogP contribution in [0.25, 0.3) is 22.3 Å². The van der Waals surface area contributed by atoms with E-state index in [2.05, 4.69) is 95.6 Å². The van der Waals surface area contributed by atoms with Gasteiger partial charge in [0.25, 0.3) is 0 Å². The second-order valence-electron chi connectivity index (χ2n) is 11.4. The molecular weight excluding hydrogens is 832 g/mol. The molecule has 0 amide bonds. The number of nitrogens with one attached hydrogen (secondary N) is 2. The Kier molecular flexibility index (Phi) is 18.4. The molecule has 2 aliphatic heterocycles. The maximum atomic E-state index is 5.87. The smallest absolute Gasteiger partial charge is 0.205 e. The van der Waals surface area contributed by atoms with Gasteiger partial charge < -0.3 is 26.8 Å². The van der Waals surface area contributed by atoms with Gasteiger partial charge in [-0.25, -0.2) is 4.99 Å². The van der Waals surface area contributed by atoms with Gasteiger partial charge in [-0.1, -0.05) is 104 Å². The van der Waals surface area contributed by atoms with Crippen LogP contribution in [0, 0.1) is 12.8 Å². The molecule has 6 N–H and O–H groups in total. The van der Waals surface area contributed by atoms with Crippen molar-refractivity contribution in [3.05, 3.63) is 155 Å². The third kappa shape index (κ3) is 13.4. The van der Waals surface area contributed by atoms with Gasteiger partial charge in [0.05, 0.1) is 16.5 Å². The van der Waals surface area contributed by atoms with Crippen LogP contribution in [0.15, 0.2) is 165 Å². The number of guanidine groups is 1. The second-order valence-corrected chi connectivity index (χ2v) is 13.3. The molecule has 1 saturated heterocycles. The minimum absolute atomic E-state index is 0. The monoisotopic (exact) mass is 875 g/mol. The van der Waals surface area contributed by atoms with E-state index in [4.69, 9.17) is 22.6 Å². The zero-order valence-corrected chi connectivity index (χ0v) is 33.4. The number of thiocarbonyl (C=S) groups is 1. The molecule has 8 rings (SSSR count). The third-order valence-corrected chi connectivity index (χ3v) is 9.23. The molecule has 0 radical (unpaired) electrons. The largest absolute Gasteiger partial charge is 0.398 e. The fraction of sp³-hybridized carbons (Fsp3) is 0.111.